The maximum Gasteiger partial charge on any atom is 0.246 e. The van der Waals surface area contributed by atoms with E-state index in [1.165, 1.54) is 28.7 Å². The maximum atomic E-state index is 12.3. The lowest BCUT2D eigenvalue weighted by atomic mass is 9.87. The molecule has 168 valence electrons. The number of ether oxygens (including phenoxy) is 4. The van der Waals surface area contributed by atoms with Crippen LogP contribution < -0.4 is 24.4 Å². The number of carbonyl (C=O) groups excluding carboxylic acids is 1. The average molecular weight is 430 g/mol. The van der Waals surface area contributed by atoms with E-state index in [1.807, 2.05) is 12.1 Å². The summed E-state index contributed by atoms with van der Waals surface area (Å²) in [7, 11) is 6.50. The number of benzene rings is 2. The van der Waals surface area contributed by atoms with Gasteiger partial charge in [0.15, 0.2) is 11.5 Å². The Labute approximate surface area is 184 Å². The molecule has 31 heavy (non-hydrogen) atoms. The number of hydrogen-bond acceptors (Lipinski definition) is 5. The van der Waals surface area contributed by atoms with Gasteiger partial charge in [0.05, 0.1) is 33.9 Å². The summed E-state index contributed by atoms with van der Waals surface area (Å²) in [5.41, 5.74) is 3.63. The zero-order chi connectivity index (χ0) is 22.4. The van der Waals surface area contributed by atoms with Crippen molar-refractivity contribution >= 4 is 5.91 Å². The van der Waals surface area contributed by atoms with Gasteiger partial charge in [-0.05, 0) is 48.9 Å². The lowest BCUT2D eigenvalue weighted by Crippen LogP contribution is -3.13. The summed E-state index contributed by atoms with van der Waals surface area (Å²) in [5.74, 6) is 2.16. The molecule has 0 saturated carbocycles. The van der Waals surface area contributed by atoms with Gasteiger partial charge in [-0.2, -0.15) is 0 Å². The first-order valence-corrected chi connectivity index (χ1v) is 10.5. The molecule has 0 saturated heterocycles. The van der Waals surface area contributed by atoms with E-state index in [1.54, 1.807) is 21.3 Å². The van der Waals surface area contributed by atoms with E-state index in [0.717, 1.165) is 31.0 Å². The number of hydrogen-bond donors (Lipinski definition) is 2. The van der Waals surface area contributed by atoms with E-state index < -0.39 is 0 Å². The quantitative estimate of drug-likeness (QED) is 0.633. The van der Waals surface area contributed by atoms with Crippen molar-refractivity contribution in [1.82, 2.24) is 5.32 Å². The number of fused-ring (bicyclic) bond motifs is 1. The van der Waals surface area contributed by atoms with Crippen LogP contribution >= 0.6 is 0 Å². The Morgan fingerprint density at radius 3 is 2.35 bits per heavy atom. The molecule has 1 aliphatic rings. The second-order valence-corrected chi connectivity index (χ2v) is 7.86. The second kappa shape index (κ2) is 10.5. The molecule has 2 N–H and O–H groups in total. The van der Waals surface area contributed by atoms with Crippen molar-refractivity contribution in [2.75, 3.05) is 41.6 Å². The minimum atomic E-state index is -0.119. The van der Waals surface area contributed by atoms with Crippen LogP contribution in [0.2, 0.25) is 0 Å². The standard InChI is InChI=1S/C24H32N2O5/c1-16(25-23(27)15-28-2)24-20-13-22(31-5)21(30-4)12-18(20)10-11-26(24)14-17-6-8-19(29-3)9-7-17/h6-9,12-13,16,24H,10-11,14-15H2,1-5H3,(H,25,27)/p+1/t16-,24-/m0/s1. The van der Waals surface area contributed by atoms with Crippen LogP contribution in [0.1, 0.15) is 29.7 Å². The predicted molar refractivity (Wildman–Crippen MR) is 118 cm³/mol. The van der Waals surface area contributed by atoms with E-state index in [9.17, 15) is 4.79 Å². The van der Waals surface area contributed by atoms with Crippen molar-refractivity contribution in [3.05, 3.63) is 53.1 Å². The second-order valence-electron chi connectivity index (χ2n) is 7.86. The Kier molecular flexibility index (Phi) is 7.76. The summed E-state index contributed by atoms with van der Waals surface area (Å²) in [4.78, 5) is 13.6. The third-order valence-electron chi connectivity index (χ3n) is 5.89. The number of nitrogens with one attached hydrogen (secondary N) is 2. The Hall–Kier alpha value is -2.77. The van der Waals surface area contributed by atoms with Crippen molar-refractivity contribution in [2.45, 2.75) is 32.0 Å². The summed E-state index contributed by atoms with van der Waals surface area (Å²) >= 11 is 0. The van der Waals surface area contributed by atoms with Crippen LogP contribution in [0.15, 0.2) is 36.4 Å². The molecule has 0 aromatic heterocycles. The Bertz CT molecular complexity index is 884. The molecule has 7 heteroatoms. The van der Waals surface area contributed by atoms with Crippen LogP contribution in [0.5, 0.6) is 17.2 Å². The largest absolute Gasteiger partial charge is 0.497 e. The van der Waals surface area contributed by atoms with Gasteiger partial charge < -0.3 is 29.2 Å². The first kappa shape index (κ1) is 22.9. The fourth-order valence-electron chi connectivity index (χ4n) is 4.45. The van der Waals surface area contributed by atoms with Crippen molar-refractivity contribution in [3.63, 3.8) is 0 Å². The van der Waals surface area contributed by atoms with Gasteiger partial charge in [-0.15, -0.1) is 0 Å². The van der Waals surface area contributed by atoms with Crippen molar-refractivity contribution in [2.24, 2.45) is 0 Å². The highest BCUT2D eigenvalue weighted by atomic mass is 16.5. The Morgan fingerprint density at radius 1 is 1.06 bits per heavy atom. The zero-order valence-corrected chi connectivity index (χ0v) is 19.0. The van der Waals surface area contributed by atoms with E-state index in [4.69, 9.17) is 18.9 Å². The van der Waals surface area contributed by atoms with E-state index in [-0.39, 0.29) is 24.6 Å². The highest BCUT2D eigenvalue weighted by molar-refractivity contribution is 5.77. The van der Waals surface area contributed by atoms with Crippen LogP contribution in [-0.4, -0.2) is 53.5 Å². The summed E-state index contributed by atoms with van der Waals surface area (Å²) in [6.45, 7) is 3.89. The van der Waals surface area contributed by atoms with Crippen molar-refractivity contribution < 1.29 is 28.6 Å². The molecule has 0 aliphatic carbocycles. The van der Waals surface area contributed by atoms with Gasteiger partial charge in [0, 0.05) is 24.7 Å². The molecule has 0 bridgehead atoms. The van der Waals surface area contributed by atoms with Gasteiger partial charge in [0.1, 0.15) is 24.9 Å². The van der Waals surface area contributed by atoms with Gasteiger partial charge in [0.25, 0.3) is 0 Å². The van der Waals surface area contributed by atoms with E-state index >= 15 is 0 Å². The SMILES string of the molecule is COCC(=O)N[C@@H](C)[C@H]1c2cc(OC)c(OC)cc2CC[NH+]1Cc1ccc(OC)cc1. The summed E-state index contributed by atoms with van der Waals surface area (Å²) in [6, 6.07) is 12.3. The lowest BCUT2D eigenvalue weighted by molar-refractivity contribution is -0.948. The van der Waals surface area contributed by atoms with Crippen molar-refractivity contribution in [1.29, 1.82) is 0 Å². The van der Waals surface area contributed by atoms with Crippen LogP contribution in [0.4, 0.5) is 0 Å². The van der Waals surface area contributed by atoms with Crippen LogP contribution in [0, 0.1) is 0 Å². The number of methoxy groups -OCH3 is 4. The molecule has 2 aromatic rings. The lowest BCUT2D eigenvalue weighted by Gasteiger charge is -2.38. The van der Waals surface area contributed by atoms with Crippen LogP contribution in [0.3, 0.4) is 0 Å². The Balaban J connectivity index is 1.95. The monoisotopic (exact) mass is 429 g/mol. The fraction of sp³-hybridized carbons (Fsp3) is 0.458. The first-order chi connectivity index (χ1) is 15.0. The molecule has 1 amide bonds. The van der Waals surface area contributed by atoms with Crippen molar-refractivity contribution in [3.8, 4) is 17.2 Å². The minimum Gasteiger partial charge on any atom is -0.497 e. The number of quaternary nitrogens is 1. The summed E-state index contributed by atoms with van der Waals surface area (Å²) in [5, 5.41) is 3.11. The molecule has 1 unspecified atom stereocenters. The van der Waals surface area contributed by atoms with E-state index in [0.29, 0.717) is 5.75 Å². The summed E-state index contributed by atoms with van der Waals surface area (Å²) < 4.78 is 21.4. The molecule has 2 aromatic carbocycles. The topological polar surface area (TPSA) is 70.5 Å². The molecular weight excluding hydrogens is 396 g/mol. The zero-order valence-electron chi connectivity index (χ0n) is 19.0. The molecule has 0 radical (unpaired) electrons. The third-order valence-corrected chi connectivity index (χ3v) is 5.89. The normalized spacial score (nSPS) is 18.6. The maximum absolute atomic E-state index is 12.3. The van der Waals surface area contributed by atoms with Gasteiger partial charge in [-0.3, -0.25) is 4.79 Å². The van der Waals surface area contributed by atoms with Gasteiger partial charge >= 0.3 is 0 Å². The molecule has 3 rings (SSSR count). The highest BCUT2D eigenvalue weighted by Gasteiger charge is 2.37. The number of rotatable bonds is 9. The fourth-order valence-corrected chi connectivity index (χ4v) is 4.45. The summed E-state index contributed by atoms with van der Waals surface area (Å²) in [6.07, 6.45) is 0.927. The minimum absolute atomic E-state index is 0.0453. The molecule has 1 aliphatic heterocycles. The molecule has 0 fully saturated rings. The average Bonchev–Trinajstić information content (AvgIpc) is 2.78. The number of amides is 1. The number of carbonyl (C=O) groups is 1. The molecule has 3 atom stereocenters. The Morgan fingerprint density at radius 2 is 1.74 bits per heavy atom. The van der Waals surface area contributed by atoms with Gasteiger partial charge in [-0.25, -0.2) is 0 Å². The highest BCUT2D eigenvalue weighted by Crippen LogP contribution is 2.35. The predicted octanol–water partition coefficient (Wildman–Crippen LogP) is 1.55. The van der Waals surface area contributed by atoms with E-state index in [2.05, 4.69) is 36.5 Å². The van der Waals surface area contributed by atoms with Crippen LogP contribution in [0.25, 0.3) is 0 Å². The molecule has 7 nitrogen and oxygen atoms in total. The molecule has 0 spiro atoms. The molecular formula is C24H33N2O5+. The van der Waals surface area contributed by atoms with Gasteiger partial charge in [0.2, 0.25) is 5.91 Å². The molecule has 1 heterocycles. The third kappa shape index (κ3) is 5.29. The van der Waals surface area contributed by atoms with Crippen LogP contribution in [-0.2, 0) is 22.5 Å². The van der Waals surface area contributed by atoms with Gasteiger partial charge in [-0.1, -0.05) is 0 Å². The first-order valence-electron chi connectivity index (χ1n) is 10.5. The smallest absolute Gasteiger partial charge is 0.246 e.